The molecule has 0 fully saturated rings. The highest BCUT2D eigenvalue weighted by Crippen LogP contribution is 2.30. The van der Waals surface area contributed by atoms with E-state index in [2.05, 4.69) is 10.6 Å². The van der Waals surface area contributed by atoms with Crippen molar-refractivity contribution in [2.24, 2.45) is 5.41 Å². The van der Waals surface area contributed by atoms with Crippen molar-refractivity contribution in [1.82, 2.24) is 5.32 Å². The Morgan fingerprint density at radius 3 is 2.09 bits per heavy atom. The quantitative estimate of drug-likeness (QED) is 0.619. The number of nitrogens with one attached hydrogen (secondary N) is 2. The second kappa shape index (κ2) is 7.48. The van der Waals surface area contributed by atoms with E-state index in [1.165, 1.54) is 13.8 Å². The molecule has 23 heavy (non-hydrogen) atoms. The summed E-state index contributed by atoms with van der Waals surface area (Å²) in [4.78, 5) is 24.2. The largest absolute Gasteiger partial charge is 0.416 e. The van der Waals surface area contributed by atoms with Crippen LogP contribution in [-0.4, -0.2) is 18.4 Å². The van der Waals surface area contributed by atoms with Gasteiger partial charge in [0, 0.05) is 12.2 Å². The molecular weight excluding hydrogens is 309 g/mol. The molecular formula is C16H21F3N2O2. The summed E-state index contributed by atoms with van der Waals surface area (Å²) in [6.45, 7) is 5.39. The van der Waals surface area contributed by atoms with Crippen LogP contribution in [0.25, 0.3) is 0 Å². The minimum atomic E-state index is -4.43. The molecule has 0 aromatic heterocycles. The van der Waals surface area contributed by atoms with Gasteiger partial charge in [0.05, 0.1) is 5.56 Å². The lowest BCUT2D eigenvalue weighted by Crippen LogP contribution is -2.45. The van der Waals surface area contributed by atoms with Crippen LogP contribution in [0.2, 0.25) is 0 Å². The Balaban J connectivity index is 2.72. The van der Waals surface area contributed by atoms with E-state index >= 15 is 0 Å². The highest BCUT2D eigenvalue weighted by molar-refractivity contribution is 6.09. The van der Waals surface area contributed by atoms with Gasteiger partial charge in [0.1, 0.15) is 5.41 Å². The minimum Gasteiger partial charge on any atom is -0.355 e. The highest BCUT2D eigenvalue weighted by Gasteiger charge is 2.36. The van der Waals surface area contributed by atoms with Crippen molar-refractivity contribution in [3.05, 3.63) is 29.8 Å². The molecule has 1 aromatic rings. The van der Waals surface area contributed by atoms with Crippen molar-refractivity contribution in [1.29, 1.82) is 0 Å². The molecule has 1 rings (SSSR count). The Morgan fingerprint density at radius 1 is 1.04 bits per heavy atom. The zero-order valence-electron chi connectivity index (χ0n) is 13.4. The van der Waals surface area contributed by atoms with Gasteiger partial charge in [-0.05, 0) is 44.5 Å². The van der Waals surface area contributed by atoms with Crippen molar-refractivity contribution in [2.45, 2.75) is 39.8 Å². The van der Waals surface area contributed by atoms with E-state index in [9.17, 15) is 22.8 Å². The maximum atomic E-state index is 12.5. The predicted molar refractivity (Wildman–Crippen MR) is 81.8 cm³/mol. The van der Waals surface area contributed by atoms with Crippen LogP contribution < -0.4 is 10.6 Å². The van der Waals surface area contributed by atoms with E-state index in [1.807, 2.05) is 6.92 Å². The first-order valence-corrected chi connectivity index (χ1v) is 7.36. The zero-order chi connectivity index (χ0) is 17.7. The van der Waals surface area contributed by atoms with Gasteiger partial charge in [-0.1, -0.05) is 13.3 Å². The zero-order valence-corrected chi connectivity index (χ0v) is 13.4. The van der Waals surface area contributed by atoms with E-state index < -0.39 is 29.0 Å². The molecule has 0 spiro atoms. The van der Waals surface area contributed by atoms with Crippen molar-refractivity contribution in [3.8, 4) is 0 Å². The molecule has 0 aliphatic rings. The Labute approximate surface area is 133 Å². The number of carbonyl (C=O) groups excluding carboxylic acids is 2. The number of carbonyl (C=O) groups is 2. The number of anilines is 1. The third kappa shape index (κ3) is 5.26. The lowest BCUT2D eigenvalue weighted by molar-refractivity contribution is -0.139. The van der Waals surface area contributed by atoms with Crippen LogP contribution in [0.5, 0.6) is 0 Å². The van der Waals surface area contributed by atoms with Gasteiger partial charge < -0.3 is 10.6 Å². The normalized spacial score (nSPS) is 11.9. The molecule has 0 saturated carbocycles. The van der Waals surface area contributed by atoms with Crippen molar-refractivity contribution in [3.63, 3.8) is 0 Å². The molecule has 0 unspecified atom stereocenters. The van der Waals surface area contributed by atoms with Crippen LogP contribution in [0, 0.1) is 5.41 Å². The highest BCUT2D eigenvalue weighted by atomic mass is 19.4. The maximum absolute atomic E-state index is 12.5. The molecule has 0 heterocycles. The van der Waals surface area contributed by atoms with Crippen LogP contribution in [-0.2, 0) is 15.8 Å². The number of alkyl halides is 3. The first-order valence-electron chi connectivity index (χ1n) is 7.36. The Kier molecular flexibility index (Phi) is 6.18. The molecule has 4 nitrogen and oxygen atoms in total. The fourth-order valence-corrected chi connectivity index (χ4v) is 1.73. The number of hydrogen-bond donors (Lipinski definition) is 2. The van der Waals surface area contributed by atoms with Gasteiger partial charge in [-0.2, -0.15) is 13.2 Å². The molecule has 0 radical (unpaired) electrons. The van der Waals surface area contributed by atoms with Crippen molar-refractivity contribution >= 4 is 17.5 Å². The fourth-order valence-electron chi connectivity index (χ4n) is 1.73. The summed E-state index contributed by atoms with van der Waals surface area (Å²) in [6.07, 6.45) is -2.71. The molecule has 0 atom stereocenters. The molecule has 7 heteroatoms. The van der Waals surface area contributed by atoms with Gasteiger partial charge in [-0.3, -0.25) is 9.59 Å². The summed E-state index contributed by atoms with van der Waals surface area (Å²) in [5.74, 6) is -0.999. The molecule has 2 N–H and O–H groups in total. The third-order valence-electron chi connectivity index (χ3n) is 3.42. The average Bonchev–Trinajstić information content (AvgIpc) is 2.46. The van der Waals surface area contributed by atoms with Gasteiger partial charge in [0.2, 0.25) is 11.8 Å². The molecule has 2 amide bonds. The molecule has 128 valence electrons. The van der Waals surface area contributed by atoms with Crippen LogP contribution in [0.4, 0.5) is 18.9 Å². The Bertz CT molecular complexity index is 551. The first kappa shape index (κ1) is 19.0. The van der Waals surface area contributed by atoms with Crippen LogP contribution in [0.15, 0.2) is 24.3 Å². The lowest BCUT2D eigenvalue weighted by Gasteiger charge is -2.22. The van der Waals surface area contributed by atoms with E-state index in [4.69, 9.17) is 0 Å². The number of amides is 2. The molecule has 1 aromatic carbocycles. The molecule has 0 aliphatic carbocycles. The topological polar surface area (TPSA) is 58.2 Å². The maximum Gasteiger partial charge on any atom is 0.416 e. The summed E-state index contributed by atoms with van der Waals surface area (Å²) in [7, 11) is 0. The number of hydrogen-bond acceptors (Lipinski definition) is 2. The van der Waals surface area contributed by atoms with Gasteiger partial charge in [-0.25, -0.2) is 0 Å². The van der Waals surface area contributed by atoms with Crippen LogP contribution >= 0.6 is 0 Å². The van der Waals surface area contributed by atoms with Crippen LogP contribution in [0.1, 0.15) is 39.2 Å². The van der Waals surface area contributed by atoms with Crippen molar-refractivity contribution < 1.29 is 22.8 Å². The predicted octanol–water partition coefficient (Wildman–Crippen LogP) is 3.59. The summed E-state index contributed by atoms with van der Waals surface area (Å²) < 4.78 is 37.5. The summed E-state index contributed by atoms with van der Waals surface area (Å²) in [6, 6.07) is 4.07. The number of benzene rings is 1. The van der Waals surface area contributed by atoms with Gasteiger partial charge in [0.25, 0.3) is 0 Å². The summed E-state index contributed by atoms with van der Waals surface area (Å²) in [5.41, 5.74) is -1.92. The van der Waals surface area contributed by atoms with Gasteiger partial charge >= 0.3 is 6.18 Å². The summed E-state index contributed by atoms with van der Waals surface area (Å²) in [5, 5.41) is 5.14. The molecule has 0 saturated heterocycles. The second-order valence-electron chi connectivity index (χ2n) is 5.76. The third-order valence-corrected chi connectivity index (χ3v) is 3.42. The first-order chi connectivity index (χ1) is 10.6. The lowest BCUT2D eigenvalue weighted by atomic mass is 9.91. The fraction of sp³-hybridized carbons (Fsp3) is 0.500. The molecule has 0 aliphatic heterocycles. The average molecular weight is 330 g/mol. The number of unbranched alkanes of at least 4 members (excludes halogenated alkanes) is 1. The Hall–Kier alpha value is -2.05. The smallest absolute Gasteiger partial charge is 0.355 e. The van der Waals surface area contributed by atoms with E-state index in [0.717, 1.165) is 37.1 Å². The van der Waals surface area contributed by atoms with Gasteiger partial charge in [-0.15, -0.1) is 0 Å². The SMILES string of the molecule is CCCCNC(=O)C(C)(C)C(=O)Nc1ccc(C(F)(F)F)cc1. The van der Waals surface area contributed by atoms with E-state index in [1.54, 1.807) is 0 Å². The van der Waals surface area contributed by atoms with Gasteiger partial charge in [0.15, 0.2) is 0 Å². The standard InChI is InChI=1S/C16H21F3N2O2/c1-4-5-10-20-13(22)15(2,3)14(23)21-12-8-6-11(7-9-12)16(17,18)19/h6-9H,4-5,10H2,1-3H3,(H,20,22)(H,21,23). The molecule has 0 bridgehead atoms. The van der Waals surface area contributed by atoms with E-state index in [-0.39, 0.29) is 5.69 Å². The minimum absolute atomic E-state index is 0.206. The van der Waals surface area contributed by atoms with Crippen LogP contribution in [0.3, 0.4) is 0 Å². The summed E-state index contributed by atoms with van der Waals surface area (Å²) >= 11 is 0. The van der Waals surface area contributed by atoms with E-state index in [0.29, 0.717) is 6.54 Å². The monoisotopic (exact) mass is 330 g/mol. The Morgan fingerprint density at radius 2 is 1.61 bits per heavy atom. The second-order valence-corrected chi connectivity index (χ2v) is 5.76. The van der Waals surface area contributed by atoms with Crippen molar-refractivity contribution in [2.75, 3.05) is 11.9 Å². The number of rotatable bonds is 6. The number of halogens is 3.